The monoisotopic (exact) mass is 568 g/mol. The topological polar surface area (TPSA) is 52.4 Å². The number of halogens is 2. The van der Waals surface area contributed by atoms with Gasteiger partial charge in [-0.3, -0.25) is 0 Å². The Labute approximate surface area is 206 Å². The van der Waals surface area contributed by atoms with Gasteiger partial charge < -0.3 is 14.2 Å². The molecule has 0 saturated carbocycles. The number of hydrogen-bond donors (Lipinski definition) is 0. The Morgan fingerprint density at radius 3 is 1.81 bits per heavy atom. The van der Waals surface area contributed by atoms with E-state index >= 15 is 0 Å². The second kappa shape index (κ2) is 10.6. The van der Waals surface area contributed by atoms with Gasteiger partial charge in [0.15, 0.2) is 0 Å². The Balaban J connectivity index is 0.000000913. The van der Waals surface area contributed by atoms with E-state index in [-0.39, 0.29) is 27.0 Å². The van der Waals surface area contributed by atoms with E-state index < -0.39 is 0 Å². The Kier molecular flexibility index (Phi) is 8.27. The molecule has 0 aromatic heterocycles. The molecule has 0 unspecified atom stereocenters. The molecule has 32 heavy (non-hydrogen) atoms. The zero-order valence-corrected chi connectivity index (χ0v) is 21.9. The third-order valence-corrected chi connectivity index (χ3v) is 4.91. The minimum atomic E-state index is -0.237. The normalized spacial score (nSPS) is 18.1. The molecule has 0 aliphatic carbocycles. The average Bonchev–Trinajstić information content (AvgIpc) is 3.30. The van der Waals surface area contributed by atoms with Gasteiger partial charge in [0.2, 0.25) is 11.8 Å². The fourth-order valence-electron chi connectivity index (χ4n) is 3.44. The van der Waals surface area contributed by atoms with E-state index in [9.17, 15) is 0 Å². The van der Waals surface area contributed by atoms with Gasteiger partial charge in [-0.1, -0.05) is 18.2 Å². The Morgan fingerprint density at radius 2 is 1.34 bits per heavy atom. The molecule has 0 radical (unpaired) electrons. The van der Waals surface area contributed by atoms with Crippen LogP contribution in [0.2, 0.25) is 0 Å². The molecule has 8 heteroatoms. The third-order valence-electron chi connectivity index (χ3n) is 4.91. The van der Waals surface area contributed by atoms with Crippen LogP contribution in [0, 0.1) is 0 Å². The fraction of sp³-hybridized carbons (Fsp3) is 0.417. The van der Waals surface area contributed by atoms with Crippen molar-refractivity contribution in [1.29, 1.82) is 0 Å². The first-order valence-corrected chi connectivity index (χ1v) is 14.3. The van der Waals surface area contributed by atoms with Crippen molar-refractivity contribution in [2.24, 2.45) is 9.98 Å². The molecule has 176 valence electrons. The first kappa shape index (κ1) is 25.1. The quantitative estimate of drug-likeness (QED) is 0.401. The van der Waals surface area contributed by atoms with Gasteiger partial charge in [-0.2, -0.15) is 0 Å². The number of aliphatic imine (C=N–C) groups is 2. The molecule has 2 aliphatic heterocycles. The van der Waals surface area contributed by atoms with Crippen LogP contribution in [-0.4, -0.2) is 42.7 Å². The van der Waals surface area contributed by atoms with Crippen molar-refractivity contribution >= 4 is 30.9 Å². The van der Waals surface area contributed by atoms with Gasteiger partial charge in [-0.05, 0) is 70.0 Å². The maximum absolute atomic E-state index is 5.97. The third kappa shape index (κ3) is 6.26. The maximum atomic E-state index is 5.97. The number of benzene rings is 2. The molecule has 2 aromatic rings. The van der Waals surface area contributed by atoms with Crippen molar-refractivity contribution in [1.82, 2.24) is 0 Å². The Morgan fingerprint density at radius 1 is 0.844 bits per heavy atom. The number of rotatable bonds is 5. The number of nitrogens with zero attached hydrogens (tertiary/aromatic N) is 2. The molecule has 2 heterocycles. The minimum absolute atomic E-state index is 0.106. The summed E-state index contributed by atoms with van der Waals surface area (Å²) in [6.07, 6.45) is 0. The first-order chi connectivity index (χ1) is 15.2. The van der Waals surface area contributed by atoms with Crippen LogP contribution < -0.4 is 4.74 Å². The summed E-state index contributed by atoms with van der Waals surface area (Å²) in [6, 6.07) is 14.4. The van der Waals surface area contributed by atoms with Crippen molar-refractivity contribution in [2.45, 2.75) is 45.7 Å². The standard InChI is InChI=1S/C24H28N2O3.2ClH.Pd/c1-6-27-18-10-7-16(8-11-18)17-9-12-19(21-25-23(2,3)14-28-21)20(13-17)22-26-24(4,5)15-29-22;;;/h7-13H,6,14-15H2,1-5H3;2*1H;/q;;;+2/p-2. The molecule has 4 rings (SSSR count). The average molecular weight is 570 g/mol. The molecule has 2 aliphatic rings. The van der Waals surface area contributed by atoms with Crippen LogP contribution in [-0.2, 0) is 25.4 Å². The van der Waals surface area contributed by atoms with E-state index in [1.54, 1.807) is 0 Å². The summed E-state index contributed by atoms with van der Waals surface area (Å²) >= 11 is -0.106. The molecule has 2 aromatic carbocycles. The van der Waals surface area contributed by atoms with Crippen LogP contribution in [0.25, 0.3) is 11.1 Å². The second-order valence-corrected chi connectivity index (χ2v) is 11.2. The van der Waals surface area contributed by atoms with Crippen LogP contribution in [0.3, 0.4) is 0 Å². The van der Waals surface area contributed by atoms with Crippen molar-refractivity contribution in [2.75, 3.05) is 19.8 Å². The second-order valence-electron chi connectivity index (χ2n) is 8.80. The Hall–Kier alpha value is -1.58. The van der Waals surface area contributed by atoms with Crippen LogP contribution in [0.5, 0.6) is 5.75 Å². The molecule has 0 saturated heterocycles. The van der Waals surface area contributed by atoms with Crippen LogP contribution in [0.1, 0.15) is 45.7 Å². The van der Waals surface area contributed by atoms with Gasteiger partial charge in [0, 0.05) is 11.1 Å². The zero-order chi connectivity index (χ0) is 23.4. The predicted octanol–water partition coefficient (Wildman–Crippen LogP) is 6.24. The van der Waals surface area contributed by atoms with E-state index in [0.717, 1.165) is 28.0 Å². The number of ether oxygens (including phenoxy) is 3. The summed E-state index contributed by atoms with van der Waals surface area (Å²) in [5.41, 5.74) is 3.56. The Bertz CT molecular complexity index is 1000. The van der Waals surface area contributed by atoms with Gasteiger partial charge in [0.25, 0.3) is 0 Å². The predicted molar refractivity (Wildman–Crippen MR) is 128 cm³/mol. The molecule has 5 nitrogen and oxygen atoms in total. The van der Waals surface area contributed by atoms with E-state index in [1.165, 1.54) is 0 Å². The van der Waals surface area contributed by atoms with E-state index in [4.69, 9.17) is 43.3 Å². The van der Waals surface area contributed by atoms with Crippen LogP contribution in [0.15, 0.2) is 52.4 Å². The van der Waals surface area contributed by atoms with E-state index in [1.807, 2.05) is 19.1 Å². The van der Waals surface area contributed by atoms with Crippen molar-refractivity contribution < 1.29 is 30.2 Å². The van der Waals surface area contributed by atoms with Gasteiger partial charge in [0.1, 0.15) is 19.0 Å². The van der Waals surface area contributed by atoms with Crippen LogP contribution in [0.4, 0.5) is 0 Å². The van der Waals surface area contributed by atoms with Crippen molar-refractivity contribution in [3.05, 3.63) is 53.6 Å². The number of hydrogen-bond acceptors (Lipinski definition) is 5. The van der Waals surface area contributed by atoms with Gasteiger partial charge in [-0.15, -0.1) is 0 Å². The van der Waals surface area contributed by atoms with Gasteiger partial charge in [0.05, 0.1) is 17.7 Å². The van der Waals surface area contributed by atoms with Gasteiger partial charge in [-0.25, -0.2) is 9.98 Å². The molecular weight excluding hydrogens is 542 g/mol. The fourth-order valence-corrected chi connectivity index (χ4v) is 3.44. The zero-order valence-electron chi connectivity index (χ0n) is 18.9. The molecule has 0 amide bonds. The summed E-state index contributed by atoms with van der Waals surface area (Å²) in [4.78, 5) is 9.56. The summed E-state index contributed by atoms with van der Waals surface area (Å²) in [5, 5.41) is 0. The van der Waals surface area contributed by atoms with Gasteiger partial charge >= 0.3 is 35.0 Å². The molecule has 0 atom stereocenters. The van der Waals surface area contributed by atoms with Crippen molar-refractivity contribution in [3.63, 3.8) is 0 Å². The molecule has 0 bridgehead atoms. The molecular formula is C24H28Cl2N2O3Pd. The van der Waals surface area contributed by atoms with Crippen molar-refractivity contribution in [3.8, 4) is 16.9 Å². The summed E-state index contributed by atoms with van der Waals surface area (Å²) in [7, 11) is 9.63. The van der Waals surface area contributed by atoms with E-state index in [0.29, 0.717) is 31.6 Å². The molecule has 0 N–H and O–H groups in total. The van der Waals surface area contributed by atoms with Crippen LogP contribution >= 0.6 is 19.1 Å². The molecule has 0 fully saturated rings. The first-order valence-electron chi connectivity index (χ1n) is 10.3. The summed E-state index contributed by atoms with van der Waals surface area (Å²) in [6.45, 7) is 12.1. The SMILES string of the molecule is CCOc1ccc(-c2ccc(C3=NC(C)(C)CO3)c(C3=NC(C)(C)CO3)c2)cc1.[Cl][Pd][Cl]. The summed E-state index contributed by atoms with van der Waals surface area (Å²) < 4.78 is 17.4. The molecule has 0 spiro atoms. The summed E-state index contributed by atoms with van der Waals surface area (Å²) in [5.74, 6) is 2.17. The van der Waals surface area contributed by atoms with E-state index in [2.05, 4.69) is 58.0 Å².